The highest BCUT2D eigenvalue weighted by Gasteiger charge is 2.23. The summed E-state index contributed by atoms with van der Waals surface area (Å²) in [6, 6.07) is 10.2. The molecule has 1 unspecified atom stereocenters. The third kappa shape index (κ3) is 3.19. The van der Waals surface area contributed by atoms with Crippen molar-refractivity contribution in [1.29, 1.82) is 0 Å². The van der Waals surface area contributed by atoms with E-state index in [1.807, 2.05) is 25.1 Å². The van der Waals surface area contributed by atoms with Crippen LogP contribution in [0.15, 0.2) is 42.2 Å². The summed E-state index contributed by atoms with van der Waals surface area (Å²) in [6.07, 6.45) is 4.31. The Morgan fingerprint density at radius 3 is 2.71 bits per heavy atom. The molecule has 0 bridgehead atoms. The van der Waals surface area contributed by atoms with Gasteiger partial charge < -0.3 is 4.74 Å². The van der Waals surface area contributed by atoms with Crippen molar-refractivity contribution in [2.75, 3.05) is 6.61 Å². The third-order valence-electron chi connectivity index (χ3n) is 3.10. The van der Waals surface area contributed by atoms with E-state index in [-0.39, 0.29) is 11.7 Å². The summed E-state index contributed by atoms with van der Waals surface area (Å²) in [4.78, 5) is 11.9. The van der Waals surface area contributed by atoms with Crippen molar-refractivity contribution in [3.8, 4) is 0 Å². The first-order valence-corrected chi connectivity index (χ1v) is 6.20. The maximum absolute atomic E-state index is 11.9. The van der Waals surface area contributed by atoms with Crippen LogP contribution in [-0.4, -0.2) is 12.4 Å². The van der Waals surface area contributed by atoms with E-state index in [9.17, 15) is 4.79 Å². The van der Waals surface area contributed by atoms with Crippen LogP contribution in [-0.2, 0) is 16.0 Å². The number of rotatable bonds is 4. The van der Waals surface area contributed by atoms with E-state index in [0.29, 0.717) is 6.61 Å². The van der Waals surface area contributed by atoms with E-state index in [1.165, 1.54) is 5.56 Å². The molecule has 2 heteroatoms. The van der Waals surface area contributed by atoms with E-state index in [0.717, 1.165) is 25.0 Å². The van der Waals surface area contributed by atoms with Gasteiger partial charge >= 0.3 is 0 Å². The Morgan fingerprint density at radius 1 is 1.29 bits per heavy atom. The van der Waals surface area contributed by atoms with E-state index < -0.39 is 0 Å². The van der Waals surface area contributed by atoms with Crippen LogP contribution >= 0.6 is 0 Å². The molecule has 0 N–H and O–H groups in total. The molecule has 0 heterocycles. The van der Waals surface area contributed by atoms with Gasteiger partial charge in [-0.15, -0.1) is 0 Å². The predicted octanol–water partition coefficient (Wildman–Crippen LogP) is 3.13. The number of hydrogen-bond acceptors (Lipinski definition) is 2. The molecule has 0 saturated heterocycles. The van der Waals surface area contributed by atoms with Gasteiger partial charge in [-0.2, -0.15) is 0 Å². The summed E-state index contributed by atoms with van der Waals surface area (Å²) in [6.45, 7) is 2.59. The SMILES string of the molecule is CCOC1=CC(=O)C(Cc2ccccc2)CC1. The molecule has 0 aromatic heterocycles. The summed E-state index contributed by atoms with van der Waals surface area (Å²) in [5.41, 5.74) is 1.24. The Kier molecular flexibility index (Phi) is 3.97. The van der Waals surface area contributed by atoms with Gasteiger partial charge in [-0.1, -0.05) is 30.3 Å². The normalized spacial score (nSPS) is 19.9. The molecule has 0 spiro atoms. The van der Waals surface area contributed by atoms with Crippen molar-refractivity contribution in [3.63, 3.8) is 0 Å². The Morgan fingerprint density at radius 2 is 2.06 bits per heavy atom. The van der Waals surface area contributed by atoms with Gasteiger partial charge in [0.1, 0.15) is 0 Å². The van der Waals surface area contributed by atoms with E-state index in [2.05, 4.69) is 12.1 Å². The third-order valence-corrected chi connectivity index (χ3v) is 3.10. The quantitative estimate of drug-likeness (QED) is 0.794. The lowest BCUT2D eigenvalue weighted by molar-refractivity contribution is -0.119. The number of benzene rings is 1. The van der Waals surface area contributed by atoms with Gasteiger partial charge in [0.15, 0.2) is 5.78 Å². The lowest BCUT2D eigenvalue weighted by Gasteiger charge is -2.20. The Bertz CT molecular complexity index is 406. The molecule has 0 fully saturated rings. The summed E-state index contributed by atoms with van der Waals surface area (Å²) >= 11 is 0. The van der Waals surface area contributed by atoms with E-state index >= 15 is 0 Å². The average molecular weight is 230 g/mol. The second kappa shape index (κ2) is 5.67. The molecule has 2 nitrogen and oxygen atoms in total. The van der Waals surface area contributed by atoms with Gasteiger partial charge in [0.2, 0.25) is 0 Å². The fourth-order valence-corrected chi connectivity index (χ4v) is 2.21. The molecule has 17 heavy (non-hydrogen) atoms. The topological polar surface area (TPSA) is 26.3 Å². The minimum Gasteiger partial charge on any atom is -0.498 e. The maximum Gasteiger partial charge on any atom is 0.162 e. The Hall–Kier alpha value is -1.57. The number of allylic oxidation sites excluding steroid dienone is 2. The highest BCUT2D eigenvalue weighted by Crippen LogP contribution is 2.24. The summed E-state index contributed by atoms with van der Waals surface area (Å²) < 4.78 is 5.39. The number of hydrogen-bond donors (Lipinski definition) is 0. The minimum absolute atomic E-state index is 0.126. The van der Waals surface area contributed by atoms with Gasteiger partial charge in [-0.05, 0) is 25.3 Å². The van der Waals surface area contributed by atoms with Gasteiger partial charge in [-0.3, -0.25) is 4.79 Å². The summed E-state index contributed by atoms with van der Waals surface area (Å²) in [5, 5.41) is 0. The Labute approximate surface area is 102 Å². The van der Waals surface area contributed by atoms with Crippen molar-refractivity contribution < 1.29 is 9.53 Å². The number of carbonyl (C=O) groups excluding carboxylic acids is 1. The molecule has 1 aliphatic rings. The van der Waals surface area contributed by atoms with Crippen LogP contribution in [0.2, 0.25) is 0 Å². The average Bonchev–Trinajstić information content (AvgIpc) is 2.34. The molecule has 1 aromatic rings. The Balaban J connectivity index is 1.99. The molecular weight excluding hydrogens is 212 g/mol. The smallest absolute Gasteiger partial charge is 0.162 e. The number of ether oxygens (including phenoxy) is 1. The van der Waals surface area contributed by atoms with Gasteiger partial charge in [0.25, 0.3) is 0 Å². The zero-order valence-electron chi connectivity index (χ0n) is 10.2. The largest absolute Gasteiger partial charge is 0.498 e. The molecule has 0 radical (unpaired) electrons. The van der Waals surface area contributed by atoms with Crippen molar-refractivity contribution in [3.05, 3.63) is 47.7 Å². The van der Waals surface area contributed by atoms with Gasteiger partial charge in [-0.25, -0.2) is 0 Å². The molecule has 1 atom stereocenters. The first-order valence-electron chi connectivity index (χ1n) is 6.20. The molecule has 0 aliphatic heterocycles. The first-order chi connectivity index (χ1) is 8.29. The molecule has 1 aromatic carbocycles. The van der Waals surface area contributed by atoms with Crippen molar-refractivity contribution in [2.45, 2.75) is 26.2 Å². The lowest BCUT2D eigenvalue weighted by atomic mass is 9.87. The van der Waals surface area contributed by atoms with Crippen LogP contribution < -0.4 is 0 Å². The zero-order chi connectivity index (χ0) is 12.1. The van der Waals surface area contributed by atoms with Crippen LogP contribution in [0.1, 0.15) is 25.3 Å². The minimum atomic E-state index is 0.126. The van der Waals surface area contributed by atoms with Crippen LogP contribution in [0, 0.1) is 5.92 Å². The fraction of sp³-hybridized carbons (Fsp3) is 0.400. The lowest BCUT2D eigenvalue weighted by Crippen LogP contribution is -2.20. The van der Waals surface area contributed by atoms with E-state index in [1.54, 1.807) is 6.08 Å². The molecule has 0 saturated carbocycles. The van der Waals surface area contributed by atoms with Crippen LogP contribution in [0.4, 0.5) is 0 Å². The second-order valence-corrected chi connectivity index (χ2v) is 4.37. The number of ketones is 1. The first kappa shape index (κ1) is 11.9. The zero-order valence-corrected chi connectivity index (χ0v) is 10.2. The van der Waals surface area contributed by atoms with Crippen LogP contribution in [0.3, 0.4) is 0 Å². The second-order valence-electron chi connectivity index (χ2n) is 4.37. The molecule has 0 amide bonds. The van der Waals surface area contributed by atoms with Gasteiger partial charge in [0.05, 0.1) is 12.4 Å². The fourth-order valence-electron chi connectivity index (χ4n) is 2.21. The highest BCUT2D eigenvalue weighted by molar-refractivity contribution is 5.93. The van der Waals surface area contributed by atoms with Crippen molar-refractivity contribution >= 4 is 5.78 Å². The summed E-state index contributed by atoms with van der Waals surface area (Å²) in [7, 11) is 0. The monoisotopic (exact) mass is 230 g/mol. The number of carbonyl (C=O) groups is 1. The summed E-state index contributed by atoms with van der Waals surface area (Å²) in [5.74, 6) is 1.19. The van der Waals surface area contributed by atoms with Crippen LogP contribution in [0.25, 0.3) is 0 Å². The van der Waals surface area contributed by atoms with E-state index in [4.69, 9.17) is 4.74 Å². The maximum atomic E-state index is 11.9. The molecule has 1 aliphatic carbocycles. The molecular formula is C15H18O2. The standard InChI is InChI=1S/C15H18O2/c1-2-17-14-9-8-13(15(16)11-14)10-12-6-4-3-5-7-12/h3-7,11,13H,2,8-10H2,1H3. The molecule has 90 valence electrons. The van der Waals surface area contributed by atoms with Crippen molar-refractivity contribution in [2.24, 2.45) is 5.92 Å². The molecule has 2 rings (SSSR count). The van der Waals surface area contributed by atoms with Crippen molar-refractivity contribution in [1.82, 2.24) is 0 Å². The predicted molar refractivity (Wildman–Crippen MR) is 67.6 cm³/mol. The highest BCUT2D eigenvalue weighted by atomic mass is 16.5. The van der Waals surface area contributed by atoms with Gasteiger partial charge in [0, 0.05) is 18.4 Å². The van der Waals surface area contributed by atoms with Crippen LogP contribution in [0.5, 0.6) is 0 Å².